The summed E-state index contributed by atoms with van der Waals surface area (Å²) in [5.41, 5.74) is 4.93. The Kier molecular flexibility index (Phi) is 4.85. The second-order valence-electron chi connectivity index (χ2n) is 7.45. The highest BCUT2D eigenvalue weighted by Crippen LogP contribution is 2.42. The molecule has 0 fully saturated rings. The van der Waals surface area contributed by atoms with E-state index in [0.29, 0.717) is 12.5 Å². The molecule has 1 atom stereocenters. The van der Waals surface area contributed by atoms with E-state index in [1.165, 1.54) is 11.3 Å². The Morgan fingerprint density at radius 3 is 2.76 bits per heavy atom. The molecule has 0 aromatic heterocycles. The summed E-state index contributed by atoms with van der Waals surface area (Å²) in [4.78, 5) is 7.05. The second-order valence-corrected chi connectivity index (χ2v) is 7.45. The van der Waals surface area contributed by atoms with Crippen molar-refractivity contribution < 1.29 is 4.74 Å². The molecular formula is C22H28N2O. The van der Waals surface area contributed by atoms with Crippen LogP contribution >= 0.6 is 0 Å². The van der Waals surface area contributed by atoms with E-state index < -0.39 is 0 Å². The zero-order valence-electron chi connectivity index (χ0n) is 15.9. The Balaban J connectivity index is 1.90. The Morgan fingerprint density at radius 2 is 2.00 bits per heavy atom. The molecule has 132 valence electrons. The number of rotatable bonds is 4. The number of hydrogen-bond donors (Lipinski definition) is 0. The zero-order valence-corrected chi connectivity index (χ0v) is 15.9. The van der Waals surface area contributed by atoms with Gasteiger partial charge in [0, 0.05) is 24.5 Å². The Labute approximate surface area is 151 Å². The van der Waals surface area contributed by atoms with Gasteiger partial charge in [-0.25, -0.2) is 0 Å². The second kappa shape index (κ2) is 6.91. The third kappa shape index (κ3) is 3.55. The molecule has 0 aliphatic carbocycles. The van der Waals surface area contributed by atoms with Crippen LogP contribution in [0.2, 0.25) is 0 Å². The normalized spacial score (nSPS) is 19.1. The van der Waals surface area contributed by atoms with Gasteiger partial charge in [-0.2, -0.15) is 0 Å². The Hall–Kier alpha value is -2.29. The Morgan fingerprint density at radius 1 is 1.24 bits per heavy atom. The number of fused-ring (bicyclic) bond motifs is 1. The molecule has 1 unspecified atom stereocenters. The van der Waals surface area contributed by atoms with Crippen molar-refractivity contribution in [3.05, 3.63) is 53.6 Å². The first-order valence-electron chi connectivity index (χ1n) is 9.06. The van der Waals surface area contributed by atoms with Crippen LogP contribution in [0.3, 0.4) is 0 Å². The number of aliphatic imine (C=N–C) groups is 1. The SMILES string of the molecule is CCOc1ccccc1N=Cc1ccc2c(c1)C(C)CC(C)(C)N2C. The first-order valence-corrected chi connectivity index (χ1v) is 9.06. The van der Waals surface area contributed by atoms with E-state index in [4.69, 9.17) is 4.74 Å². The molecule has 25 heavy (non-hydrogen) atoms. The average Bonchev–Trinajstić information content (AvgIpc) is 2.59. The predicted octanol–water partition coefficient (Wildman–Crippen LogP) is 5.56. The molecule has 0 radical (unpaired) electrons. The van der Waals surface area contributed by atoms with Crippen LogP contribution in [-0.2, 0) is 0 Å². The maximum Gasteiger partial charge on any atom is 0.144 e. The van der Waals surface area contributed by atoms with Crippen LogP contribution in [0.25, 0.3) is 0 Å². The van der Waals surface area contributed by atoms with Crippen molar-refractivity contribution in [2.24, 2.45) is 4.99 Å². The topological polar surface area (TPSA) is 24.8 Å². The fraction of sp³-hybridized carbons (Fsp3) is 0.409. The van der Waals surface area contributed by atoms with E-state index in [9.17, 15) is 0 Å². The van der Waals surface area contributed by atoms with Gasteiger partial charge in [-0.15, -0.1) is 0 Å². The summed E-state index contributed by atoms with van der Waals surface area (Å²) in [5.74, 6) is 1.37. The van der Waals surface area contributed by atoms with Crippen LogP contribution < -0.4 is 9.64 Å². The molecule has 3 nitrogen and oxygen atoms in total. The maximum atomic E-state index is 5.65. The standard InChI is InChI=1S/C22H28N2O/c1-6-25-21-10-8-7-9-19(21)23-15-17-11-12-20-18(13-17)16(2)14-22(3,4)24(20)5/h7-13,15-16H,6,14H2,1-5H3. The van der Waals surface area contributed by atoms with Crippen molar-refractivity contribution in [3.8, 4) is 5.75 Å². The van der Waals surface area contributed by atoms with Gasteiger partial charge in [-0.05, 0) is 68.5 Å². The molecule has 1 aliphatic heterocycles. The molecule has 0 N–H and O–H groups in total. The number of anilines is 1. The van der Waals surface area contributed by atoms with E-state index in [1.54, 1.807) is 0 Å². The molecule has 2 aromatic rings. The quantitative estimate of drug-likeness (QED) is 0.683. The smallest absolute Gasteiger partial charge is 0.144 e. The molecule has 3 heteroatoms. The summed E-state index contributed by atoms with van der Waals surface area (Å²) in [6.07, 6.45) is 3.09. The lowest BCUT2D eigenvalue weighted by Gasteiger charge is -2.45. The van der Waals surface area contributed by atoms with Gasteiger partial charge in [0.2, 0.25) is 0 Å². The van der Waals surface area contributed by atoms with Crippen LogP contribution in [0, 0.1) is 0 Å². The van der Waals surface area contributed by atoms with Crippen molar-refractivity contribution in [2.45, 2.75) is 45.6 Å². The Bertz CT molecular complexity index is 779. The molecule has 1 heterocycles. The summed E-state index contributed by atoms with van der Waals surface area (Å²) >= 11 is 0. The van der Waals surface area contributed by atoms with E-state index in [1.807, 2.05) is 37.4 Å². The molecular weight excluding hydrogens is 308 g/mol. The minimum atomic E-state index is 0.193. The number of nitrogens with zero attached hydrogens (tertiary/aromatic N) is 2. The molecule has 0 amide bonds. The van der Waals surface area contributed by atoms with Crippen molar-refractivity contribution in [2.75, 3.05) is 18.6 Å². The summed E-state index contributed by atoms with van der Waals surface area (Å²) < 4.78 is 5.65. The van der Waals surface area contributed by atoms with Crippen LogP contribution in [0.1, 0.15) is 51.2 Å². The highest BCUT2D eigenvalue weighted by atomic mass is 16.5. The van der Waals surface area contributed by atoms with Gasteiger partial charge in [-0.1, -0.05) is 25.1 Å². The molecule has 0 bridgehead atoms. The molecule has 3 rings (SSSR count). The van der Waals surface area contributed by atoms with Gasteiger partial charge in [0.15, 0.2) is 0 Å². The highest BCUT2D eigenvalue weighted by Gasteiger charge is 2.33. The third-order valence-corrected chi connectivity index (χ3v) is 5.18. The number of benzene rings is 2. The van der Waals surface area contributed by atoms with Crippen molar-refractivity contribution in [1.29, 1.82) is 0 Å². The largest absolute Gasteiger partial charge is 0.492 e. The third-order valence-electron chi connectivity index (χ3n) is 5.18. The maximum absolute atomic E-state index is 5.65. The predicted molar refractivity (Wildman–Crippen MR) is 107 cm³/mol. The molecule has 2 aromatic carbocycles. The lowest BCUT2D eigenvalue weighted by Crippen LogP contribution is -2.45. The number of hydrogen-bond acceptors (Lipinski definition) is 3. The van der Waals surface area contributed by atoms with Gasteiger partial charge in [0.05, 0.1) is 6.61 Å². The lowest BCUT2D eigenvalue weighted by molar-refractivity contribution is 0.341. The van der Waals surface area contributed by atoms with Gasteiger partial charge in [0.1, 0.15) is 11.4 Å². The van der Waals surface area contributed by atoms with Crippen LogP contribution in [0.5, 0.6) is 5.75 Å². The fourth-order valence-electron chi connectivity index (χ4n) is 3.66. The molecule has 0 saturated carbocycles. The van der Waals surface area contributed by atoms with Gasteiger partial charge < -0.3 is 9.64 Å². The lowest BCUT2D eigenvalue weighted by atomic mass is 9.80. The summed E-state index contributed by atoms with van der Waals surface area (Å²) in [7, 11) is 2.19. The highest BCUT2D eigenvalue weighted by molar-refractivity contribution is 5.84. The summed E-state index contributed by atoms with van der Waals surface area (Å²) in [6.45, 7) is 9.58. The van der Waals surface area contributed by atoms with Gasteiger partial charge >= 0.3 is 0 Å². The van der Waals surface area contributed by atoms with Crippen molar-refractivity contribution in [3.63, 3.8) is 0 Å². The van der Waals surface area contributed by atoms with Crippen molar-refractivity contribution in [1.82, 2.24) is 0 Å². The first kappa shape index (κ1) is 17.5. The van der Waals surface area contributed by atoms with E-state index in [0.717, 1.165) is 23.4 Å². The average molecular weight is 336 g/mol. The van der Waals surface area contributed by atoms with Crippen LogP contribution in [0.15, 0.2) is 47.5 Å². The van der Waals surface area contributed by atoms with E-state index in [2.05, 4.69) is 55.9 Å². The summed E-state index contributed by atoms with van der Waals surface area (Å²) in [5, 5.41) is 0. The van der Waals surface area contributed by atoms with E-state index in [-0.39, 0.29) is 5.54 Å². The molecule has 0 spiro atoms. The molecule has 0 saturated heterocycles. The van der Waals surface area contributed by atoms with Gasteiger partial charge in [0.25, 0.3) is 0 Å². The van der Waals surface area contributed by atoms with Crippen LogP contribution in [0.4, 0.5) is 11.4 Å². The van der Waals surface area contributed by atoms with Gasteiger partial charge in [-0.3, -0.25) is 4.99 Å². The number of ether oxygens (including phenoxy) is 1. The van der Waals surface area contributed by atoms with Crippen molar-refractivity contribution >= 4 is 17.6 Å². The minimum absolute atomic E-state index is 0.193. The fourth-order valence-corrected chi connectivity index (χ4v) is 3.66. The van der Waals surface area contributed by atoms with Crippen LogP contribution in [-0.4, -0.2) is 25.4 Å². The monoisotopic (exact) mass is 336 g/mol. The molecule has 1 aliphatic rings. The van der Waals surface area contributed by atoms with E-state index >= 15 is 0 Å². The first-order chi connectivity index (χ1) is 11.9. The number of para-hydroxylation sites is 2. The minimum Gasteiger partial charge on any atom is -0.492 e. The summed E-state index contributed by atoms with van der Waals surface area (Å²) in [6, 6.07) is 14.6. The zero-order chi connectivity index (χ0) is 18.0.